The van der Waals surface area contributed by atoms with Gasteiger partial charge >= 0.3 is 0 Å². The molecular formula is C15H13FN4. The number of aromatic nitrogens is 2. The van der Waals surface area contributed by atoms with Gasteiger partial charge in [-0.3, -0.25) is 0 Å². The van der Waals surface area contributed by atoms with E-state index < -0.39 is 0 Å². The molecule has 0 aliphatic carbocycles. The molecule has 0 bridgehead atoms. The third-order valence-corrected chi connectivity index (χ3v) is 3.06. The second-order valence-corrected chi connectivity index (χ2v) is 4.50. The highest BCUT2D eigenvalue weighted by atomic mass is 19.1. The second kappa shape index (κ2) is 4.77. The number of fused-ring (bicyclic) bond motifs is 1. The van der Waals surface area contributed by atoms with E-state index in [1.54, 1.807) is 6.07 Å². The van der Waals surface area contributed by atoms with Crippen LogP contribution in [0.15, 0.2) is 42.5 Å². The molecule has 2 aromatic carbocycles. The van der Waals surface area contributed by atoms with E-state index in [9.17, 15) is 4.39 Å². The molecule has 3 rings (SSSR count). The second-order valence-electron chi connectivity index (χ2n) is 4.50. The Balaban J connectivity index is 2.09. The lowest BCUT2D eigenvalue weighted by molar-refractivity contribution is 0.631. The highest BCUT2D eigenvalue weighted by Gasteiger charge is 2.10. The molecule has 1 aromatic heterocycles. The highest BCUT2D eigenvalue weighted by Crippen LogP contribution is 2.26. The predicted octanol–water partition coefficient (Wildman–Crippen LogP) is 3.40. The zero-order valence-electron chi connectivity index (χ0n) is 10.9. The third-order valence-electron chi connectivity index (χ3n) is 3.06. The lowest BCUT2D eigenvalue weighted by Gasteiger charge is -2.11. The average molecular weight is 268 g/mol. The number of benzene rings is 2. The van der Waals surface area contributed by atoms with Crippen molar-refractivity contribution in [3.05, 3.63) is 53.8 Å². The normalized spacial score (nSPS) is 10.7. The van der Waals surface area contributed by atoms with Gasteiger partial charge in [-0.1, -0.05) is 24.3 Å². The summed E-state index contributed by atoms with van der Waals surface area (Å²) in [6, 6.07) is 12.3. The van der Waals surface area contributed by atoms with E-state index in [4.69, 9.17) is 5.73 Å². The van der Waals surface area contributed by atoms with Crippen molar-refractivity contribution in [2.45, 2.75) is 6.92 Å². The Kier molecular flexibility index (Phi) is 2.95. The standard InChI is InChI=1S/C15H13FN4/c1-9-5-4-6-10(16)13(9)20-15-14(17)18-11-7-2-3-8-12(11)19-15/h2-8H,1H3,(H2,17,18)(H,19,20). The average Bonchev–Trinajstić information content (AvgIpc) is 2.43. The predicted molar refractivity (Wildman–Crippen MR) is 78.4 cm³/mol. The van der Waals surface area contributed by atoms with Crippen molar-refractivity contribution < 1.29 is 4.39 Å². The van der Waals surface area contributed by atoms with Gasteiger partial charge in [0.25, 0.3) is 0 Å². The Morgan fingerprint density at radius 1 is 1.00 bits per heavy atom. The number of para-hydroxylation sites is 3. The molecule has 0 aliphatic rings. The largest absolute Gasteiger partial charge is 0.381 e. The number of aryl methyl sites for hydroxylation is 1. The van der Waals surface area contributed by atoms with Gasteiger partial charge in [0.15, 0.2) is 11.6 Å². The first-order valence-electron chi connectivity index (χ1n) is 6.19. The van der Waals surface area contributed by atoms with Crippen LogP contribution in [-0.2, 0) is 0 Å². The van der Waals surface area contributed by atoms with Crippen molar-refractivity contribution in [3.63, 3.8) is 0 Å². The first-order chi connectivity index (χ1) is 9.65. The van der Waals surface area contributed by atoms with Crippen molar-refractivity contribution in [2.75, 3.05) is 11.1 Å². The maximum Gasteiger partial charge on any atom is 0.174 e. The Bertz CT molecular complexity index is 766. The summed E-state index contributed by atoms with van der Waals surface area (Å²) in [6.07, 6.45) is 0. The number of nitrogens with zero attached hydrogens (tertiary/aromatic N) is 2. The molecule has 5 heteroatoms. The van der Waals surface area contributed by atoms with Crippen molar-refractivity contribution in [3.8, 4) is 0 Å². The number of nitrogens with one attached hydrogen (secondary N) is 1. The Hall–Kier alpha value is -2.69. The van der Waals surface area contributed by atoms with Crippen LogP contribution in [0.5, 0.6) is 0 Å². The summed E-state index contributed by atoms with van der Waals surface area (Å²) >= 11 is 0. The van der Waals surface area contributed by atoms with Gasteiger partial charge in [0.05, 0.1) is 16.7 Å². The molecule has 0 radical (unpaired) electrons. The zero-order valence-corrected chi connectivity index (χ0v) is 10.9. The first kappa shape index (κ1) is 12.3. The van der Waals surface area contributed by atoms with Gasteiger partial charge < -0.3 is 11.1 Å². The number of halogens is 1. The molecule has 100 valence electrons. The maximum atomic E-state index is 13.8. The van der Waals surface area contributed by atoms with Crippen LogP contribution < -0.4 is 11.1 Å². The van der Waals surface area contributed by atoms with Gasteiger partial charge in [0.1, 0.15) is 5.82 Å². The fourth-order valence-corrected chi connectivity index (χ4v) is 2.01. The summed E-state index contributed by atoms with van der Waals surface area (Å²) in [5.74, 6) is 0.252. The first-order valence-corrected chi connectivity index (χ1v) is 6.19. The van der Waals surface area contributed by atoms with Crippen molar-refractivity contribution in [2.24, 2.45) is 0 Å². The zero-order chi connectivity index (χ0) is 14.1. The molecule has 0 saturated heterocycles. The number of nitrogen functional groups attached to an aromatic ring is 1. The number of hydrogen-bond acceptors (Lipinski definition) is 4. The van der Waals surface area contributed by atoms with E-state index in [0.717, 1.165) is 5.56 Å². The van der Waals surface area contributed by atoms with E-state index in [1.807, 2.05) is 37.3 Å². The van der Waals surface area contributed by atoms with Gasteiger partial charge in [-0.05, 0) is 30.7 Å². The third kappa shape index (κ3) is 2.14. The van der Waals surface area contributed by atoms with Crippen molar-refractivity contribution in [1.82, 2.24) is 9.97 Å². The van der Waals surface area contributed by atoms with E-state index in [2.05, 4.69) is 15.3 Å². The van der Waals surface area contributed by atoms with Crippen LogP contribution in [0.3, 0.4) is 0 Å². The SMILES string of the molecule is Cc1cccc(F)c1Nc1nc2ccccc2nc1N. The quantitative estimate of drug-likeness (QED) is 0.747. The minimum Gasteiger partial charge on any atom is -0.381 e. The van der Waals surface area contributed by atoms with Crippen LogP contribution in [0, 0.1) is 12.7 Å². The van der Waals surface area contributed by atoms with E-state index in [1.165, 1.54) is 6.07 Å². The van der Waals surface area contributed by atoms with Crippen LogP contribution in [0.1, 0.15) is 5.56 Å². The number of hydrogen-bond donors (Lipinski definition) is 2. The molecule has 0 spiro atoms. The van der Waals surface area contributed by atoms with Crippen LogP contribution in [0.2, 0.25) is 0 Å². The number of anilines is 3. The van der Waals surface area contributed by atoms with Gasteiger partial charge in [-0.25, -0.2) is 14.4 Å². The molecule has 0 saturated carbocycles. The molecule has 0 amide bonds. The van der Waals surface area contributed by atoms with Gasteiger partial charge in [-0.2, -0.15) is 0 Å². The molecule has 0 fully saturated rings. The fourth-order valence-electron chi connectivity index (χ4n) is 2.01. The maximum absolute atomic E-state index is 13.8. The van der Waals surface area contributed by atoms with Gasteiger partial charge in [0.2, 0.25) is 0 Å². The molecular weight excluding hydrogens is 255 g/mol. The lowest BCUT2D eigenvalue weighted by Crippen LogP contribution is -2.04. The Morgan fingerprint density at radius 3 is 2.40 bits per heavy atom. The van der Waals surface area contributed by atoms with Crippen LogP contribution >= 0.6 is 0 Å². The molecule has 4 nitrogen and oxygen atoms in total. The van der Waals surface area contributed by atoms with E-state index in [0.29, 0.717) is 22.5 Å². The van der Waals surface area contributed by atoms with Crippen molar-refractivity contribution in [1.29, 1.82) is 0 Å². The molecule has 1 heterocycles. The monoisotopic (exact) mass is 268 g/mol. The van der Waals surface area contributed by atoms with E-state index in [-0.39, 0.29) is 11.6 Å². The summed E-state index contributed by atoms with van der Waals surface area (Å²) in [7, 11) is 0. The number of rotatable bonds is 2. The minimum absolute atomic E-state index is 0.242. The molecule has 3 N–H and O–H groups in total. The van der Waals surface area contributed by atoms with Crippen LogP contribution in [0.4, 0.5) is 21.7 Å². The molecule has 20 heavy (non-hydrogen) atoms. The van der Waals surface area contributed by atoms with E-state index >= 15 is 0 Å². The highest BCUT2D eigenvalue weighted by molar-refractivity contribution is 5.81. The smallest absolute Gasteiger partial charge is 0.174 e. The summed E-state index contributed by atoms with van der Waals surface area (Å²) in [5, 5.41) is 2.93. The number of nitrogens with two attached hydrogens (primary N) is 1. The summed E-state index contributed by atoms with van der Waals surface area (Å²) in [5.41, 5.74) is 8.43. The lowest BCUT2D eigenvalue weighted by atomic mass is 10.2. The fraction of sp³-hybridized carbons (Fsp3) is 0.0667. The van der Waals surface area contributed by atoms with Gasteiger partial charge in [-0.15, -0.1) is 0 Å². The summed E-state index contributed by atoms with van der Waals surface area (Å²) in [4.78, 5) is 8.65. The van der Waals surface area contributed by atoms with Gasteiger partial charge in [0, 0.05) is 0 Å². The molecule has 0 aliphatic heterocycles. The molecule has 0 atom stereocenters. The summed E-state index contributed by atoms with van der Waals surface area (Å²) in [6.45, 7) is 1.82. The van der Waals surface area contributed by atoms with Crippen LogP contribution in [0.25, 0.3) is 11.0 Å². The summed E-state index contributed by atoms with van der Waals surface area (Å²) < 4.78 is 13.8. The minimum atomic E-state index is -0.348. The van der Waals surface area contributed by atoms with Crippen LogP contribution in [-0.4, -0.2) is 9.97 Å². The Morgan fingerprint density at radius 2 is 1.70 bits per heavy atom. The van der Waals surface area contributed by atoms with Crippen molar-refractivity contribution >= 4 is 28.4 Å². The molecule has 0 unspecified atom stereocenters. The Labute approximate surface area is 115 Å². The molecule has 3 aromatic rings. The topological polar surface area (TPSA) is 63.8 Å².